The van der Waals surface area contributed by atoms with Crippen LogP contribution in [0.4, 0.5) is 0 Å². The summed E-state index contributed by atoms with van der Waals surface area (Å²) < 4.78 is 37.6. The minimum Gasteiger partial charge on any atom is -0.454 e. The number of hydrogen-bond acceptors (Lipinski definition) is 5. The second kappa shape index (κ2) is 5.82. The van der Waals surface area contributed by atoms with Gasteiger partial charge in [0.25, 0.3) is 0 Å². The van der Waals surface area contributed by atoms with E-state index in [9.17, 15) is 8.42 Å². The molecule has 0 radical (unpaired) electrons. The minimum atomic E-state index is -3.46. The molecule has 21 heavy (non-hydrogen) atoms. The van der Waals surface area contributed by atoms with Crippen molar-refractivity contribution >= 4 is 10.0 Å². The third-order valence-electron chi connectivity index (χ3n) is 3.96. The molecule has 1 saturated heterocycles. The average Bonchev–Trinajstić information content (AvgIpc) is 2.95. The van der Waals surface area contributed by atoms with E-state index in [1.165, 1.54) is 0 Å². The molecule has 1 aromatic rings. The molecule has 6 nitrogen and oxygen atoms in total. The minimum absolute atomic E-state index is 0.146. The average molecular weight is 312 g/mol. The summed E-state index contributed by atoms with van der Waals surface area (Å²) in [6.07, 6.45) is 1.96. The SMILES string of the molecule is CNCC1CCCN(S(=O)(=O)c2ccc3c(c2)OCO3)C1. The molecule has 2 heterocycles. The van der Waals surface area contributed by atoms with E-state index in [1.807, 2.05) is 7.05 Å². The molecule has 0 amide bonds. The van der Waals surface area contributed by atoms with Crippen molar-refractivity contribution in [2.45, 2.75) is 17.7 Å². The van der Waals surface area contributed by atoms with Gasteiger partial charge in [-0.1, -0.05) is 0 Å². The van der Waals surface area contributed by atoms with Gasteiger partial charge < -0.3 is 14.8 Å². The number of nitrogens with zero attached hydrogens (tertiary/aromatic N) is 1. The fourth-order valence-corrected chi connectivity index (χ4v) is 4.46. The van der Waals surface area contributed by atoms with E-state index >= 15 is 0 Å². The Bertz CT molecular complexity index is 615. The number of sulfonamides is 1. The van der Waals surface area contributed by atoms with Crippen molar-refractivity contribution in [2.75, 3.05) is 33.5 Å². The number of piperidine rings is 1. The van der Waals surface area contributed by atoms with E-state index in [0.717, 1.165) is 19.4 Å². The van der Waals surface area contributed by atoms with Gasteiger partial charge in [-0.25, -0.2) is 8.42 Å². The van der Waals surface area contributed by atoms with Gasteiger partial charge in [0.05, 0.1) is 4.90 Å². The summed E-state index contributed by atoms with van der Waals surface area (Å²) in [5.41, 5.74) is 0. The summed E-state index contributed by atoms with van der Waals surface area (Å²) in [6.45, 7) is 2.13. The molecule has 2 aliphatic heterocycles. The molecule has 0 aromatic heterocycles. The Morgan fingerprint density at radius 1 is 1.33 bits per heavy atom. The van der Waals surface area contributed by atoms with Crippen LogP contribution in [0.15, 0.2) is 23.1 Å². The molecule has 1 N–H and O–H groups in total. The van der Waals surface area contributed by atoms with Gasteiger partial charge in [0, 0.05) is 19.2 Å². The Labute approximate surface area is 125 Å². The van der Waals surface area contributed by atoms with Crippen molar-refractivity contribution in [1.29, 1.82) is 0 Å². The van der Waals surface area contributed by atoms with Gasteiger partial charge in [-0.05, 0) is 44.5 Å². The van der Waals surface area contributed by atoms with Gasteiger partial charge in [0.2, 0.25) is 16.8 Å². The standard InChI is InChI=1S/C14H20N2O4S/c1-15-8-11-3-2-6-16(9-11)21(17,18)12-4-5-13-14(7-12)20-10-19-13/h4-5,7,11,15H,2-3,6,8-10H2,1H3. The molecular weight excluding hydrogens is 292 g/mol. The third-order valence-corrected chi connectivity index (χ3v) is 5.82. The largest absolute Gasteiger partial charge is 0.454 e. The number of rotatable bonds is 4. The molecule has 1 aromatic carbocycles. The van der Waals surface area contributed by atoms with Crippen LogP contribution in [0.25, 0.3) is 0 Å². The summed E-state index contributed by atoms with van der Waals surface area (Å²) in [6, 6.07) is 4.80. The zero-order valence-electron chi connectivity index (χ0n) is 12.0. The van der Waals surface area contributed by atoms with E-state index in [0.29, 0.717) is 30.5 Å². The number of fused-ring (bicyclic) bond motifs is 1. The molecule has 0 spiro atoms. The Hall–Kier alpha value is -1.31. The summed E-state index contributed by atoms with van der Waals surface area (Å²) in [7, 11) is -1.57. The highest BCUT2D eigenvalue weighted by molar-refractivity contribution is 7.89. The fraction of sp³-hybridized carbons (Fsp3) is 0.571. The number of hydrogen-bond donors (Lipinski definition) is 1. The van der Waals surface area contributed by atoms with Crippen LogP contribution in [0.3, 0.4) is 0 Å². The van der Waals surface area contributed by atoms with Crippen LogP contribution < -0.4 is 14.8 Å². The van der Waals surface area contributed by atoms with Gasteiger partial charge in [-0.3, -0.25) is 0 Å². The predicted octanol–water partition coefficient (Wildman–Crippen LogP) is 1.04. The molecule has 3 rings (SSSR count). The smallest absolute Gasteiger partial charge is 0.243 e. The van der Waals surface area contributed by atoms with Gasteiger partial charge >= 0.3 is 0 Å². The van der Waals surface area contributed by atoms with Crippen molar-refractivity contribution in [3.05, 3.63) is 18.2 Å². The maximum Gasteiger partial charge on any atom is 0.243 e. The van der Waals surface area contributed by atoms with Gasteiger partial charge in [0.1, 0.15) is 0 Å². The Morgan fingerprint density at radius 3 is 2.95 bits per heavy atom. The fourth-order valence-electron chi connectivity index (χ4n) is 2.89. The van der Waals surface area contributed by atoms with Crippen molar-refractivity contribution in [1.82, 2.24) is 9.62 Å². The zero-order chi connectivity index (χ0) is 14.9. The first-order valence-electron chi connectivity index (χ1n) is 7.15. The maximum atomic E-state index is 12.7. The van der Waals surface area contributed by atoms with E-state index in [2.05, 4.69) is 5.32 Å². The molecule has 0 saturated carbocycles. The first kappa shape index (κ1) is 14.6. The summed E-state index contributed by atoms with van der Waals surface area (Å²) in [5, 5.41) is 3.13. The van der Waals surface area contributed by atoms with Gasteiger partial charge in [0.15, 0.2) is 11.5 Å². The number of benzene rings is 1. The lowest BCUT2D eigenvalue weighted by Gasteiger charge is -2.31. The quantitative estimate of drug-likeness (QED) is 0.899. The summed E-state index contributed by atoms with van der Waals surface area (Å²) in [5.74, 6) is 1.47. The van der Waals surface area contributed by atoms with Crippen LogP contribution in [-0.4, -0.2) is 46.2 Å². The second-order valence-electron chi connectivity index (χ2n) is 5.44. The van der Waals surface area contributed by atoms with Crippen molar-refractivity contribution < 1.29 is 17.9 Å². The van der Waals surface area contributed by atoms with E-state index in [1.54, 1.807) is 22.5 Å². The van der Waals surface area contributed by atoms with Gasteiger partial charge in [-0.15, -0.1) is 0 Å². The van der Waals surface area contributed by atoms with E-state index in [-0.39, 0.29) is 11.7 Å². The summed E-state index contributed by atoms with van der Waals surface area (Å²) in [4.78, 5) is 0.275. The number of ether oxygens (including phenoxy) is 2. The zero-order valence-corrected chi connectivity index (χ0v) is 12.9. The molecule has 0 aliphatic carbocycles. The first-order valence-corrected chi connectivity index (χ1v) is 8.59. The van der Waals surface area contributed by atoms with Gasteiger partial charge in [-0.2, -0.15) is 4.31 Å². The molecule has 7 heteroatoms. The van der Waals surface area contributed by atoms with Crippen LogP contribution >= 0.6 is 0 Å². The first-order chi connectivity index (χ1) is 10.1. The highest BCUT2D eigenvalue weighted by Crippen LogP contribution is 2.35. The van der Waals surface area contributed by atoms with E-state index in [4.69, 9.17) is 9.47 Å². The maximum absolute atomic E-state index is 12.7. The highest BCUT2D eigenvalue weighted by atomic mass is 32.2. The second-order valence-corrected chi connectivity index (χ2v) is 7.38. The Balaban J connectivity index is 1.83. The highest BCUT2D eigenvalue weighted by Gasteiger charge is 2.31. The van der Waals surface area contributed by atoms with E-state index < -0.39 is 10.0 Å². The van der Waals surface area contributed by atoms with Crippen molar-refractivity contribution in [3.8, 4) is 11.5 Å². The van der Waals surface area contributed by atoms with Crippen molar-refractivity contribution in [2.24, 2.45) is 5.92 Å². The monoisotopic (exact) mass is 312 g/mol. The lowest BCUT2D eigenvalue weighted by molar-refractivity contribution is 0.174. The van der Waals surface area contributed by atoms with Crippen LogP contribution in [0, 0.1) is 5.92 Å². The number of nitrogens with one attached hydrogen (secondary N) is 1. The molecule has 0 bridgehead atoms. The predicted molar refractivity (Wildman–Crippen MR) is 78.0 cm³/mol. The topological polar surface area (TPSA) is 67.9 Å². The molecule has 1 atom stereocenters. The van der Waals surface area contributed by atoms with Crippen molar-refractivity contribution in [3.63, 3.8) is 0 Å². The van der Waals surface area contributed by atoms with Crippen LogP contribution in [-0.2, 0) is 10.0 Å². The molecule has 116 valence electrons. The van der Waals surface area contributed by atoms with Crippen LogP contribution in [0.2, 0.25) is 0 Å². The summed E-state index contributed by atoms with van der Waals surface area (Å²) >= 11 is 0. The Morgan fingerprint density at radius 2 is 2.14 bits per heavy atom. The molecule has 1 fully saturated rings. The normalized spacial score (nSPS) is 22.4. The molecule has 2 aliphatic rings. The third kappa shape index (κ3) is 2.86. The lowest BCUT2D eigenvalue weighted by Crippen LogP contribution is -2.42. The van der Waals surface area contributed by atoms with Crippen LogP contribution in [0.1, 0.15) is 12.8 Å². The lowest BCUT2D eigenvalue weighted by atomic mass is 10.00. The molecular formula is C14H20N2O4S. The molecule has 1 unspecified atom stereocenters. The Kier molecular flexibility index (Phi) is 4.05. The van der Waals surface area contributed by atoms with Crippen LogP contribution in [0.5, 0.6) is 11.5 Å².